The molecule has 0 bridgehead atoms. The third-order valence-electron chi connectivity index (χ3n) is 7.53. The second kappa shape index (κ2) is 18.2. The zero-order valence-electron chi connectivity index (χ0n) is 29.7. The number of rotatable bonds is 6. The summed E-state index contributed by atoms with van der Waals surface area (Å²) >= 11 is 0. The Hall–Kier alpha value is -3.17. The topological polar surface area (TPSA) is 145 Å². The molecule has 1 aliphatic rings. The molecule has 2 atom stereocenters. The summed E-state index contributed by atoms with van der Waals surface area (Å²) in [6, 6.07) is 8.51. The van der Waals surface area contributed by atoms with E-state index in [1.165, 1.54) is 11.1 Å². The molecule has 1 saturated carbocycles. The number of aliphatic carboxylic acids is 2. The minimum Gasteiger partial charge on any atom is -0.550 e. The first kappa shape index (κ1) is 42.8. The number of carboxylic acids is 2. The van der Waals surface area contributed by atoms with Crippen LogP contribution < -0.4 is 10.2 Å². The van der Waals surface area contributed by atoms with Gasteiger partial charge in [0.2, 0.25) is 0 Å². The zero-order valence-corrected chi connectivity index (χ0v) is 30.7. The third-order valence-corrected chi connectivity index (χ3v) is 7.53. The van der Waals surface area contributed by atoms with E-state index in [1.807, 2.05) is 12.4 Å². The van der Waals surface area contributed by atoms with Crippen LogP contribution in [0.15, 0.2) is 34.3 Å². The molecule has 9 heteroatoms. The van der Waals surface area contributed by atoms with Crippen LogP contribution in [-0.2, 0) is 37.2 Å². The number of aliphatic imine (C=N–C) groups is 2. The summed E-state index contributed by atoms with van der Waals surface area (Å²) in [6.07, 6.45) is 6.72. The summed E-state index contributed by atoms with van der Waals surface area (Å²) < 4.78 is 0. The van der Waals surface area contributed by atoms with Crippen molar-refractivity contribution < 1.29 is 46.8 Å². The number of phenols is 2. The van der Waals surface area contributed by atoms with Gasteiger partial charge in [-0.1, -0.05) is 81.4 Å². The smallest absolute Gasteiger partial charge is 0.550 e. The number of hydrogen-bond donors (Lipinski definition) is 2. The summed E-state index contributed by atoms with van der Waals surface area (Å²) in [7, 11) is 0. The molecule has 2 aromatic carbocycles. The third kappa shape index (κ3) is 13.7. The fourth-order valence-corrected chi connectivity index (χ4v) is 4.99. The Morgan fingerprint density at radius 1 is 0.717 bits per heavy atom. The summed E-state index contributed by atoms with van der Waals surface area (Å²) in [5.74, 6) is -0.789. The van der Waals surface area contributed by atoms with Crippen LogP contribution in [0.2, 0.25) is 0 Å². The van der Waals surface area contributed by atoms with Crippen LogP contribution >= 0.6 is 0 Å². The van der Waals surface area contributed by atoms with Crippen LogP contribution in [0.25, 0.3) is 0 Å². The van der Waals surface area contributed by atoms with E-state index in [0.29, 0.717) is 23.3 Å². The van der Waals surface area contributed by atoms with E-state index in [1.54, 1.807) is 0 Å². The average molecular weight is 682 g/mol. The summed E-state index contributed by atoms with van der Waals surface area (Å²) in [5, 5.41) is 39.9. The van der Waals surface area contributed by atoms with Crippen LogP contribution in [0.5, 0.6) is 11.5 Å². The Labute approximate surface area is 286 Å². The first-order valence-electron chi connectivity index (χ1n) is 15.7. The molecule has 2 N–H and O–H groups in total. The van der Waals surface area contributed by atoms with E-state index >= 15 is 0 Å². The maximum Gasteiger partial charge on any atom is 2.00 e. The normalized spacial score (nSPS) is 16.6. The van der Waals surface area contributed by atoms with Gasteiger partial charge >= 0.3 is 16.8 Å². The number of benzene rings is 2. The van der Waals surface area contributed by atoms with Gasteiger partial charge in [-0.05, 0) is 79.0 Å². The molecule has 8 nitrogen and oxygen atoms in total. The molecule has 0 heterocycles. The van der Waals surface area contributed by atoms with Crippen LogP contribution in [0, 0.1) is 0 Å². The molecular weight excluding hydrogens is 627 g/mol. The molecular formula is C37H54CoN2O6. The number of carbonyl (C=O) groups excluding carboxylic acids is 2. The molecule has 0 aliphatic heterocycles. The van der Waals surface area contributed by atoms with Gasteiger partial charge < -0.3 is 30.0 Å². The maximum atomic E-state index is 11.1. The zero-order chi connectivity index (χ0) is 34.9. The Balaban J connectivity index is 0.00000201. The van der Waals surface area contributed by atoms with Crippen molar-refractivity contribution in [3.8, 4) is 11.5 Å². The van der Waals surface area contributed by atoms with E-state index in [-0.39, 0.29) is 39.7 Å². The van der Waals surface area contributed by atoms with E-state index in [4.69, 9.17) is 29.8 Å². The molecule has 1 fully saturated rings. The number of aromatic hydroxyl groups is 2. The van der Waals surface area contributed by atoms with E-state index in [0.717, 1.165) is 55.4 Å². The van der Waals surface area contributed by atoms with E-state index < -0.39 is 11.9 Å². The number of carbonyl (C=O) groups is 2. The van der Waals surface area contributed by atoms with Crippen molar-refractivity contribution >= 4 is 24.4 Å². The Morgan fingerprint density at radius 3 is 1.24 bits per heavy atom. The monoisotopic (exact) mass is 681 g/mol. The molecule has 0 amide bonds. The van der Waals surface area contributed by atoms with Crippen molar-refractivity contribution in [1.82, 2.24) is 0 Å². The molecule has 2 aromatic rings. The second-order valence-electron chi connectivity index (χ2n) is 14.4. The molecule has 2 unspecified atom stereocenters. The van der Waals surface area contributed by atoms with Gasteiger partial charge in [0, 0.05) is 46.6 Å². The number of nitrogens with zero attached hydrogens (tertiary/aromatic N) is 2. The second-order valence-corrected chi connectivity index (χ2v) is 14.4. The first-order chi connectivity index (χ1) is 20.6. The van der Waals surface area contributed by atoms with Gasteiger partial charge in [0.25, 0.3) is 0 Å². The number of phenolic OH excluding ortho intramolecular Hbond substituents is 2. The van der Waals surface area contributed by atoms with Gasteiger partial charge in [-0.3, -0.25) is 9.98 Å². The van der Waals surface area contributed by atoms with Crippen molar-refractivity contribution in [2.45, 2.75) is 137 Å². The minimum atomic E-state index is -1.08. The van der Waals surface area contributed by atoms with Gasteiger partial charge in [-0.2, -0.15) is 0 Å². The molecule has 3 rings (SSSR count). The van der Waals surface area contributed by atoms with Crippen LogP contribution in [0.4, 0.5) is 0 Å². The Bertz CT molecular complexity index is 1260. The largest absolute Gasteiger partial charge is 2.00 e. The molecule has 1 aliphatic carbocycles. The maximum absolute atomic E-state index is 11.1. The van der Waals surface area contributed by atoms with E-state index in [2.05, 4.69) is 93.5 Å². The van der Waals surface area contributed by atoms with Crippen molar-refractivity contribution in [1.29, 1.82) is 0 Å². The number of carboxylic acid groups (broad SMARTS) is 2. The Kier molecular flexibility index (Phi) is 17.0. The van der Waals surface area contributed by atoms with Crippen molar-refractivity contribution in [2.75, 3.05) is 0 Å². The summed E-state index contributed by atoms with van der Waals surface area (Å²) in [6.45, 7) is 23.4. The van der Waals surface area contributed by atoms with Crippen LogP contribution in [0.3, 0.4) is 0 Å². The van der Waals surface area contributed by atoms with Crippen LogP contribution in [-0.4, -0.2) is 46.7 Å². The van der Waals surface area contributed by atoms with E-state index in [9.17, 15) is 10.2 Å². The predicted octanol–water partition coefficient (Wildman–Crippen LogP) is 5.91. The average Bonchev–Trinajstić information content (AvgIpc) is 3.32. The quantitative estimate of drug-likeness (QED) is 0.363. The molecule has 0 spiro atoms. The molecule has 46 heavy (non-hydrogen) atoms. The van der Waals surface area contributed by atoms with Crippen molar-refractivity contribution in [3.05, 3.63) is 57.6 Å². The van der Waals surface area contributed by atoms with Crippen molar-refractivity contribution in [2.24, 2.45) is 9.98 Å². The first-order valence-corrected chi connectivity index (χ1v) is 15.7. The SMILES string of the molecule is CC(=O)[O-].CC(=O)[O-].CC(C)c1cc(C=NC2CCCC2N=Cc2cc(C(C)C)cc(C(C)(C)C)c2O)c(O)c(C(C)(C)C)c1.[Co+2]. The molecule has 257 valence electrons. The fraction of sp³-hybridized carbons (Fsp3) is 0.568. The van der Waals surface area contributed by atoms with Gasteiger partial charge in [0.05, 0.1) is 12.1 Å². The minimum absolute atomic E-state index is 0. The molecule has 0 aromatic heterocycles. The van der Waals surface area contributed by atoms with Gasteiger partial charge in [0.1, 0.15) is 11.5 Å². The van der Waals surface area contributed by atoms with Gasteiger partial charge in [-0.15, -0.1) is 0 Å². The van der Waals surface area contributed by atoms with Crippen LogP contribution in [0.1, 0.15) is 148 Å². The Morgan fingerprint density at radius 2 is 1.00 bits per heavy atom. The number of hydrogen-bond acceptors (Lipinski definition) is 8. The summed E-state index contributed by atoms with van der Waals surface area (Å²) in [5.41, 5.74) is 5.57. The molecule has 1 radical (unpaired) electrons. The van der Waals surface area contributed by atoms with Gasteiger partial charge in [-0.25, -0.2) is 0 Å². The van der Waals surface area contributed by atoms with Crippen molar-refractivity contribution in [3.63, 3.8) is 0 Å². The van der Waals surface area contributed by atoms with Gasteiger partial charge in [0.15, 0.2) is 0 Å². The summed E-state index contributed by atoms with van der Waals surface area (Å²) in [4.78, 5) is 27.6. The predicted molar refractivity (Wildman–Crippen MR) is 180 cm³/mol. The fourth-order valence-electron chi connectivity index (χ4n) is 4.99. The molecule has 0 saturated heterocycles. The standard InChI is InChI=1S/C33H48N2O2.2C2H4O2.Co/c1-20(2)22-14-24(30(36)26(16-22)32(5,6)7)18-34-28-12-11-13-29(28)35-19-25-15-23(21(3)4)17-27(31(25)37)33(8,9)10;2*1-2(3)4;/h14-21,28-29,36-37H,11-13H2,1-10H3;2*1H3,(H,3,4);/q;;;+2/p-2.